The molecule has 0 fully saturated rings. The first-order valence-corrected chi connectivity index (χ1v) is 8.01. The summed E-state index contributed by atoms with van der Waals surface area (Å²) in [6.07, 6.45) is 0. The predicted octanol–water partition coefficient (Wildman–Crippen LogP) is 5.50. The van der Waals surface area contributed by atoms with Gasteiger partial charge in [-0.25, -0.2) is 4.79 Å². The van der Waals surface area contributed by atoms with Crippen LogP contribution in [-0.2, 0) is 10.8 Å². The second kappa shape index (κ2) is 6.19. The molecule has 23 heavy (non-hydrogen) atoms. The summed E-state index contributed by atoms with van der Waals surface area (Å²) in [5.74, 6) is 0.334. The number of hydrogen-bond donors (Lipinski definition) is 0. The molecule has 0 bridgehead atoms. The molecule has 0 saturated heterocycles. The summed E-state index contributed by atoms with van der Waals surface area (Å²) in [5, 5.41) is 0. The van der Waals surface area contributed by atoms with Crippen LogP contribution in [0.4, 0.5) is 0 Å². The minimum atomic E-state index is -0.317. The maximum absolute atomic E-state index is 12.4. The third kappa shape index (κ3) is 4.22. The summed E-state index contributed by atoms with van der Waals surface area (Å²) in [6.45, 7) is 12.8. The molecule has 0 saturated carbocycles. The lowest BCUT2D eigenvalue weighted by atomic mass is 9.81. The molecule has 0 aliphatic rings. The zero-order valence-corrected chi connectivity index (χ0v) is 14.9. The summed E-state index contributed by atoms with van der Waals surface area (Å²) in [4.78, 5) is 12.4. The SMILES string of the molecule is CC(C)(C)c1ccc(C(C)(C)C)c(OC(=O)c2ccccc2)c1. The highest BCUT2D eigenvalue weighted by molar-refractivity contribution is 5.91. The van der Waals surface area contributed by atoms with Crippen molar-refractivity contribution >= 4 is 5.97 Å². The number of ether oxygens (including phenoxy) is 1. The number of benzene rings is 2. The zero-order valence-electron chi connectivity index (χ0n) is 14.9. The van der Waals surface area contributed by atoms with Gasteiger partial charge in [-0.05, 0) is 34.6 Å². The predicted molar refractivity (Wildman–Crippen MR) is 95.2 cm³/mol. The molecule has 2 nitrogen and oxygen atoms in total. The molecule has 0 atom stereocenters. The molecular formula is C21H26O2. The van der Waals surface area contributed by atoms with E-state index in [1.807, 2.05) is 24.3 Å². The van der Waals surface area contributed by atoms with E-state index in [0.29, 0.717) is 11.3 Å². The van der Waals surface area contributed by atoms with Crippen LogP contribution < -0.4 is 4.74 Å². The second-order valence-electron chi connectivity index (χ2n) is 7.97. The smallest absolute Gasteiger partial charge is 0.343 e. The van der Waals surface area contributed by atoms with Gasteiger partial charge in [0.2, 0.25) is 0 Å². The van der Waals surface area contributed by atoms with Crippen molar-refractivity contribution in [1.82, 2.24) is 0 Å². The van der Waals surface area contributed by atoms with Crippen LogP contribution in [0.3, 0.4) is 0 Å². The molecule has 2 rings (SSSR count). The van der Waals surface area contributed by atoms with E-state index in [9.17, 15) is 4.79 Å². The minimum absolute atomic E-state index is 0.00428. The van der Waals surface area contributed by atoms with E-state index in [2.05, 4.69) is 53.7 Å². The summed E-state index contributed by atoms with van der Waals surface area (Å²) in [6, 6.07) is 15.3. The summed E-state index contributed by atoms with van der Waals surface area (Å²) in [5.41, 5.74) is 2.66. The van der Waals surface area contributed by atoms with Crippen LogP contribution in [0.15, 0.2) is 48.5 Å². The number of hydrogen-bond acceptors (Lipinski definition) is 2. The Morgan fingerprint density at radius 3 is 1.96 bits per heavy atom. The third-order valence-corrected chi connectivity index (χ3v) is 3.87. The van der Waals surface area contributed by atoms with Gasteiger partial charge in [-0.2, -0.15) is 0 Å². The highest BCUT2D eigenvalue weighted by Gasteiger charge is 2.24. The van der Waals surface area contributed by atoms with Crippen molar-refractivity contribution in [2.75, 3.05) is 0 Å². The van der Waals surface area contributed by atoms with Gasteiger partial charge in [0.05, 0.1) is 5.56 Å². The van der Waals surface area contributed by atoms with E-state index in [-0.39, 0.29) is 16.8 Å². The van der Waals surface area contributed by atoms with Gasteiger partial charge in [-0.1, -0.05) is 71.9 Å². The van der Waals surface area contributed by atoms with Crippen LogP contribution >= 0.6 is 0 Å². The molecular weight excluding hydrogens is 284 g/mol. The molecule has 0 aromatic heterocycles. The van der Waals surface area contributed by atoms with Gasteiger partial charge in [0, 0.05) is 5.56 Å². The molecule has 0 radical (unpaired) electrons. The Morgan fingerprint density at radius 1 is 0.826 bits per heavy atom. The van der Waals surface area contributed by atoms with Gasteiger partial charge in [0.1, 0.15) is 5.75 Å². The summed E-state index contributed by atoms with van der Waals surface area (Å²) < 4.78 is 5.75. The molecule has 122 valence electrons. The Hall–Kier alpha value is -2.09. The van der Waals surface area contributed by atoms with Crippen molar-refractivity contribution in [2.45, 2.75) is 52.4 Å². The standard InChI is InChI=1S/C21H26O2/c1-20(2,3)16-12-13-17(21(4,5)6)18(14-16)23-19(22)15-10-8-7-9-11-15/h7-14H,1-6H3. The van der Waals surface area contributed by atoms with E-state index in [1.54, 1.807) is 12.1 Å². The van der Waals surface area contributed by atoms with Crippen LogP contribution in [0.25, 0.3) is 0 Å². The minimum Gasteiger partial charge on any atom is -0.423 e. The van der Waals surface area contributed by atoms with Crippen LogP contribution in [0, 0.1) is 0 Å². The maximum atomic E-state index is 12.4. The van der Waals surface area contributed by atoms with E-state index in [4.69, 9.17) is 4.74 Å². The quantitative estimate of drug-likeness (QED) is 0.540. The molecule has 0 spiro atoms. The number of esters is 1. The van der Waals surface area contributed by atoms with Crippen molar-refractivity contribution in [1.29, 1.82) is 0 Å². The Bertz CT molecular complexity index is 686. The third-order valence-electron chi connectivity index (χ3n) is 3.87. The fourth-order valence-corrected chi connectivity index (χ4v) is 2.43. The lowest BCUT2D eigenvalue weighted by Crippen LogP contribution is -2.18. The lowest BCUT2D eigenvalue weighted by molar-refractivity contribution is 0.0731. The van der Waals surface area contributed by atoms with Crippen molar-refractivity contribution in [3.05, 3.63) is 65.2 Å². The molecule has 2 aromatic rings. The highest BCUT2D eigenvalue weighted by atomic mass is 16.5. The molecule has 0 aliphatic heterocycles. The molecule has 0 aliphatic carbocycles. The Morgan fingerprint density at radius 2 is 1.43 bits per heavy atom. The normalized spacial score (nSPS) is 12.1. The first-order valence-electron chi connectivity index (χ1n) is 8.01. The van der Waals surface area contributed by atoms with Gasteiger partial charge in [0.15, 0.2) is 0 Å². The van der Waals surface area contributed by atoms with Crippen LogP contribution in [0.5, 0.6) is 5.75 Å². The van der Waals surface area contributed by atoms with Gasteiger partial charge >= 0.3 is 5.97 Å². The molecule has 2 heteroatoms. The Balaban J connectivity index is 2.44. The van der Waals surface area contributed by atoms with Crippen LogP contribution in [0.2, 0.25) is 0 Å². The van der Waals surface area contributed by atoms with E-state index in [0.717, 1.165) is 11.1 Å². The first kappa shape index (κ1) is 17.3. The topological polar surface area (TPSA) is 26.3 Å². The molecule has 0 unspecified atom stereocenters. The van der Waals surface area contributed by atoms with Crippen LogP contribution in [-0.4, -0.2) is 5.97 Å². The summed E-state index contributed by atoms with van der Waals surface area (Å²) >= 11 is 0. The van der Waals surface area contributed by atoms with Crippen LogP contribution in [0.1, 0.15) is 63.0 Å². The number of rotatable bonds is 2. The average Bonchev–Trinajstić information content (AvgIpc) is 2.46. The van der Waals surface area contributed by atoms with Gasteiger partial charge in [-0.3, -0.25) is 0 Å². The van der Waals surface area contributed by atoms with E-state index < -0.39 is 0 Å². The van der Waals surface area contributed by atoms with Crippen molar-refractivity contribution < 1.29 is 9.53 Å². The van der Waals surface area contributed by atoms with Gasteiger partial charge in [-0.15, -0.1) is 0 Å². The molecule has 0 N–H and O–H groups in total. The second-order valence-corrected chi connectivity index (χ2v) is 7.97. The monoisotopic (exact) mass is 310 g/mol. The van der Waals surface area contributed by atoms with E-state index >= 15 is 0 Å². The molecule has 0 heterocycles. The first-order chi connectivity index (χ1) is 10.6. The van der Waals surface area contributed by atoms with Crippen molar-refractivity contribution in [2.24, 2.45) is 0 Å². The molecule has 0 amide bonds. The van der Waals surface area contributed by atoms with Gasteiger partial charge < -0.3 is 4.74 Å². The number of carbonyl (C=O) groups is 1. The van der Waals surface area contributed by atoms with Gasteiger partial charge in [0.25, 0.3) is 0 Å². The number of carbonyl (C=O) groups excluding carboxylic acids is 1. The molecule has 2 aromatic carbocycles. The average molecular weight is 310 g/mol. The lowest BCUT2D eigenvalue weighted by Gasteiger charge is -2.26. The largest absolute Gasteiger partial charge is 0.423 e. The Kier molecular flexibility index (Phi) is 4.65. The highest BCUT2D eigenvalue weighted by Crippen LogP contribution is 2.35. The maximum Gasteiger partial charge on any atom is 0.343 e. The van der Waals surface area contributed by atoms with Crippen molar-refractivity contribution in [3.63, 3.8) is 0 Å². The van der Waals surface area contributed by atoms with E-state index in [1.165, 1.54) is 0 Å². The van der Waals surface area contributed by atoms with Crippen molar-refractivity contribution in [3.8, 4) is 5.75 Å². The fraction of sp³-hybridized carbons (Fsp3) is 0.381. The fourth-order valence-electron chi connectivity index (χ4n) is 2.43. The Labute approximate surface area is 139 Å². The summed E-state index contributed by atoms with van der Waals surface area (Å²) in [7, 11) is 0. The zero-order chi connectivity index (χ0) is 17.3.